The average molecular weight is 433 g/mol. The second-order valence-corrected chi connectivity index (χ2v) is 7.39. The minimum Gasteiger partial charge on any atom is -0.480 e. The molecule has 0 bridgehead atoms. The largest absolute Gasteiger partial charge is 0.480 e. The van der Waals surface area contributed by atoms with E-state index in [-0.39, 0.29) is 13.0 Å². The Labute approximate surface area is 179 Å². The number of carbonyl (C=O) groups excluding carboxylic acids is 4. The fraction of sp³-hybridized carbons (Fsp3) is 0.476. The highest BCUT2D eigenvalue weighted by Crippen LogP contribution is 2.12. The second kappa shape index (κ2) is 11.1. The molecule has 1 heterocycles. The third-order valence-corrected chi connectivity index (χ3v) is 4.88. The standard InChI is InChI=1S/C21H27N3O7/c1-3-31-17(26)9-12(2)18(21(29)30)24-16(25)11-15-20(28)22-14(19(27)23-15)10-13-7-5-4-6-8-13/h4-8,12,14-15,18H,3,9-11H2,1-2H3,(H,22,28)(H,23,27)(H,24,25)(H,29,30)/t12-,14-,15-,18+/m0/s1. The van der Waals surface area contributed by atoms with Crippen molar-refractivity contribution >= 4 is 29.7 Å². The van der Waals surface area contributed by atoms with Crippen LogP contribution in [-0.2, 0) is 35.1 Å². The maximum absolute atomic E-state index is 12.4. The van der Waals surface area contributed by atoms with Crippen LogP contribution in [0.1, 0.15) is 32.3 Å². The molecule has 1 aliphatic heterocycles. The zero-order chi connectivity index (χ0) is 23.0. The molecule has 1 aliphatic rings. The molecule has 0 saturated carbocycles. The third-order valence-electron chi connectivity index (χ3n) is 4.88. The van der Waals surface area contributed by atoms with Gasteiger partial charge in [0, 0.05) is 6.42 Å². The number of ether oxygens (including phenoxy) is 1. The van der Waals surface area contributed by atoms with Crippen molar-refractivity contribution in [2.75, 3.05) is 6.61 Å². The van der Waals surface area contributed by atoms with Gasteiger partial charge in [0.05, 0.1) is 19.4 Å². The molecule has 0 aliphatic carbocycles. The molecule has 31 heavy (non-hydrogen) atoms. The SMILES string of the molecule is CCOC(=O)C[C@H](C)[C@@H](NC(=O)C[C@@H]1NC(=O)[C@H](Cc2ccccc2)NC1=O)C(=O)O. The molecule has 168 valence electrons. The van der Waals surface area contributed by atoms with Gasteiger partial charge < -0.3 is 25.8 Å². The van der Waals surface area contributed by atoms with E-state index in [2.05, 4.69) is 16.0 Å². The lowest BCUT2D eigenvalue weighted by Crippen LogP contribution is -2.63. The van der Waals surface area contributed by atoms with Crippen molar-refractivity contribution in [1.29, 1.82) is 0 Å². The van der Waals surface area contributed by atoms with Crippen LogP contribution in [-0.4, -0.2) is 59.5 Å². The summed E-state index contributed by atoms with van der Waals surface area (Å²) in [6, 6.07) is 5.95. The number of aliphatic carboxylic acids is 1. The minimum absolute atomic E-state index is 0.164. The van der Waals surface area contributed by atoms with E-state index in [4.69, 9.17) is 4.74 Å². The smallest absolute Gasteiger partial charge is 0.326 e. The lowest BCUT2D eigenvalue weighted by Gasteiger charge is -2.30. The van der Waals surface area contributed by atoms with E-state index in [0.717, 1.165) is 5.56 Å². The fourth-order valence-electron chi connectivity index (χ4n) is 3.28. The number of carboxylic acids is 1. The summed E-state index contributed by atoms with van der Waals surface area (Å²) in [5.41, 5.74) is 0.874. The summed E-state index contributed by atoms with van der Waals surface area (Å²) >= 11 is 0. The molecule has 1 fully saturated rings. The zero-order valence-corrected chi connectivity index (χ0v) is 17.4. The molecule has 3 amide bonds. The van der Waals surface area contributed by atoms with Crippen molar-refractivity contribution in [3.63, 3.8) is 0 Å². The van der Waals surface area contributed by atoms with Crippen LogP contribution in [0.15, 0.2) is 30.3 Å². The number of piperazine rings is 1. The third kappa shape index (κ3) is 7.09. The van der Waals surface area contributed by atoms with Gasteiger partial charge >= 0.3 is 11.9 Å². The Bertz CT molecular complexity index is 828. The van der Waals surface area contributed by atoms with Crippen LogP contribution in [0.4, 0.5) is 0 Å². The van der Waals surface area contributed by atoms with E-state index < -0.39 is 60.1 Å². The maximum Gasteiger partial charge on any atom is 0.326 e. The van der Waals surface area contributed by atoms with E-state index >= 15 is 0 Å². The van der Waals surface area contributed by atoms with Gasteiger partial charge in [-0.2, -0.15) is 0 Å². The van der Waals surface area contributed by atoms with Crippen LogP contribution >= 0.6 is 0 Å². The Balaban J connectivity index is 1.92. The summed E-state index contributed by atoms with van der Waals surface area (Å²) in [5.74, 6) is -4.30. The number of benzene rings is 1. The predicted molar refractivity (Wildman–Crippen MR) is 109 cm³/mol. The van der Waals surface area contributed by atoms with Gasteiger partial charge in [-0.05, 0) is 18.4 Å². The van der Waals surface area contributed by atoms with Gasteiger partial charge in [0.2, 0.25) is 17.7 Å². The molecule has 1 saturated heterocycles. The maximum atomic E-state index is 12.4. The zero-order valence-electron chi connectivity index (χ0n) is 17.4. The van der Waals surface area contributed by atoms with Crippen molar-refractivity contribution in [2.24, 2.45) is 5.92 Å². The molecular formula is C21H27N3O7. The topological polar surface area (TPSA) is 151 Å². The first-order valence-corrected chi connectivity index (χ1v) is 10.0. The van der Waals surface area contributed by atoms with Crippen molar-refractivity contribution < 1.29 is 33.8 Å². The lowest BCUT2D eigenvalue weighted by molar-refractivity contribution is -0.147. The highest BCUT2D eigenvalue weighted by molar-refractivity contribution is 5.99. The monoisotopic (exact) mass is 433 g/mol. The summed E-state index contributed by atoms with van der Waals surface area (Å²) in [7, 11) is 0. The molecule has 0 spiro atoms. The Morgan fingerprint density at radius 1 is 1.10 bits per heavy atom. The van der Waals surface area contributed by atoms with Crippen LogP contribution in [0.5, 0.6) is 0 Å². The summed E-state index contributed by atoms with van der Waals surface area (Å²) in [6.45, 7) is 3.30. The number of carbonyl (C=O) groups is 5. The van der Waals surface area contributed by atoms with Gasteiger partial charge in [0.15, 0.2) is 0 Å². The molecule has 0 radical (unpaired) electrons. The molecule has 1 aromatic carbocycles. The van der Waals surface area contributed by atoms with E-state index in [9.17, 15) is 29.1 Å². The normalized spacial score (nSPS) is 20.1. The Hall–Kier alpha value is -3.43. The van der Waals surface area contributed by atoms with Gasteiger partial charge in [0.25, 0.3) is 0 Å². The molecule has 0 aromatic heterocycles. The van der Waals surface area contributed by atoms with Crippen LogP contribution in [0, 0.1) is 5.92 Å². The average Bonchev–Trinajstić information content (AvgIpc) is 2.70. The lowest BCUT2D eigenvalue weighted by atomic mass is 9.97. The van der Waals surface area contributed by atoms with Gasteiger partial charge in [-0.3, -0.25) is 19.2 Å². The highest BCUT2D eigenvalue weighted by Gasteiger charge is 2.36. The molecule has 4 N–H and O–H groups in total. The first-order valence-electron chi connectivity index (χ1n) is 10.0. The molecule has 4 atom stereocenters. The first-order chi connectivity index (χ1) is 14.7. The molecule has 10 heteroatoms. The summed E-state index contributed by atoms with van der Waals surface area (Å²) in [5, 5.41) is 16.8. The first kappa shape index (κ1) is 23.8. The van der Waals surface area contributed by atoms with E-state index in [1.165, 1.54) is 6.92 Å². The van der Waals surface area contributed by atoms with Crippen LogP contribution in [0.25, 0.3) is 0 Å². The number of hydrogen-bond acceptors (Lipinski definition) is 6. The summed E-state index contributed by atoms with van der Waals surface area (Å²) < 4.78 is 4.80. The number of carboxylic acid groups (broad SMARTS) is 1. The summed E-state index contributed by atoms with van der Waals surface area (Å²) in [4.78, 5) is 60.2. The Kier molecular flexibility index (Phi) is 8.53. The van der Waals surface area contributed by atoms with E-state index in [1.54, 1.807) is 6.92 Å². The molecule has 2 rings (SSSR count). The predicted octanol–water partition coefficient (Wildman–Crippen LogP) is -0.239. The van der Waals surface area contributed by atoms with Gasteiger partial charge in [-0.15, -0.1) is 0 Å². The minimum atomic E-state index is -1.34. The summed E-state index contributed by atoms with van der Waals surface area (Å²) in [6.07, 6.45) is -0.303. The number of esters is 1. The van der Waals surface area contributed by atoms with Crippen molar-refractivity contribution in [3.05, 3.63) is 35.9 Å². The van der Waals surface area contributed by atoms with E-state index in [1.807, 2.05) is 30.3 Å². The highest BCUT2D eigenvalue weighted by atomic mass is 16.5. The fourth-order valence-corrected chi connectivity index (χ4v) is 3.28. The molecule has 10 nitrogen and oxygen atoms in total. The van der Waals surface area contributed by atoms with Crippen LogP contribution < -0.4 is 16.0 Å². The van der Waals surface area contributed by atoms with Crippen molar-refractivity contribution in [2.45, 2.75) is 51.2 Å². The number of nitrogens with one attached hydrogen (secondary N) is 3. The van der Waals surface area contributed by atoms with Crippen molar-refractivity contribution in [1.82, 2.24) is 16.0 Å². The second-order valence-electron chi connectivity index (χ2n) is 7.39. The number of hydrogen-bond donors (Lipinski definition) is 4. The molecule has 0 unspecified atom stereocenters. The van der Waals surface area contributed by atoms with Gasteiger partial charge in [0.1, 0.15) is 18.1 Å². The molecular weight excluding hydrogens is 406 g/mol. The Morgan fingerprint density at radius 3 is 2.32 bits per heavy atom. The number of amides is 3. The van der Waals surface area contributed by atoms with E-state index in [0.29, 0.717) is 6.42 Å². The van der Waals surface area contributed by atoms with Gasteiger partial charge in [-0.25, -0.2) is 4.79 Å². The van der Waals surface area contributed by atoms with Crippen molar-refractivity contribution in [3.8, 4) is 0 Å². The molecule has 1 aromatic rings. The van der Waals surface area contributed by atoms with Gasteiger partial charge in [-0.1, -0.05) is 37.3 Å². The quantitative estimate of drug-likeness (QED) is 0.372. The van der Waals surface area contributed by atoms with Crippen LogP contribution in [0.3, 0.4) is 0 Å². The van der Waals surface area contributed by atoms with Crippen LogP contribution in [0.2, 0.25) is 0 Å². The Morgan fingerprint density at radius 2 is 1.71 bits per heavy atom. The number of rotatable bonds is 10.